The minimum Gasteiger partial charge on any atom is -0.493 e. The van der Waals surface area contributed by atoms with Crippen molar-refractivity contribution >= 4 is 5.91 Å². The molecule has 0 aromatic heterocycles. The largest absolute Gasteiger partial charge is 0.493 e. The van der Waals surface area contributed by atoms with Gasteiger partial charge in [-0.1, -0.05) is 13.0 Å². The Labute approximate surface area is 114 Å². The molecule has 19 heavy (non-hydrogen) atoms. The molecule has 0 aliphatic heterocycles. The first-order chi connectivity index (χ1) is 9.12. The summed E-state index contributed by atoms with van der Waals surface area (Å²) in [6, 6.07) is 5.66. The van der Waals surface area contributed by atoms with Gasteiger partial charge in [0.05, 0.1) is 20.8 Å². The van der Waals surface area contributed by atoms with Crippen LogP contribution in [0.3, 0.4) is 0 Å². The normalized spacial score (nSPS) is 10.1. The van der Waals surface area contributed by atoms with E-state index in [4.69, 9.17) is 9.47 Å². The van der Waals surface area contributed by atoms with E-state index in [1.54, 1.807) is 26.2 Å². The number of benzene rings is 1. The zero-order valence-corrected chi connectivity index (χ0v) is 12.0. The van der Waals surface area contributed by atoms with Gasteiger partial charge in [0.1, 0.15) is 0 Å². The van der Waals surface area contributed by atoms with E-state index in [0.717, 1.165) is 12.1 Å². The number of rotatable bonds is 7. The van der Waals surface area contributed by atoms with Gasteiger partial charge in [-0.3, -0.25) is 4.79 Å². The molecule has 1 rings (SSSR count). The highest BCUT2D eigenvalue weighted by atomic mass is 16.5. The van der Waals surface area contributed by atoms with E-state index in [9.17, 15) is 4.79 Å². The number of hydrogen-bond donors (Lipinski definition) is 1. The van der Waals surface area contributed by atoms with Crippen molar-refractivity contribution in [3.63, 3.8) is 0 Å². The van der Waals surface area contributed by atoms with E-state index < -0.39 is 0 Å². The summed E-state index contributed by atoms with van der Waals surface area (Å²) in [7, 11) is 4.99. The SMILES string of the molecule is CCNCC(=O)N(C)Cc1ccc(OC)c(OC)c1. The summed E-state index contributed by atoms with van der Waals surface area (Å²) < 4.78 is 10.4. The number of nitrogens with zero attached hydrogens (tertiary/aromatic N) is 1. The van der Waals surface area contributed by atoms with Crippen molar-refractivity contribution in [1.82, 2.24) is 10.2 Å². The Balaban J connectivity index is 2.68. The number of carbonyl (C=O) groups is 1. The van der Waals surface area contributed by atoms with Gasteiger partial charge in [0.25, 0.3) is 0 Å². The third-order valence-electron chi connectivity index (χ3n) is 2.82. The zero-order chi connectivity index (χ0) is 14.3. The lowest BCUT2D eigenvalue weighted by Gasteiger charge is -2.18. The average Bonchev–Trinajstić information content (AvgIpc) is 2.44. The molecule has 0 saturated heterocycles. The van der Waals surface area contributed by atoms with Crippen molar-refractivity contribution in [3.8, 4) is 11.5 Å². The fourth-order valence-electron chi connectivity index (χ4n) is 1.71. The average molecular weight is 266 g/mol. The van der Waals surface area contributed by atoms with Crippen LogP contribution >= 0.6 is 0 Å². The maximum absolute atomic E-state index is 11.8. The lowest BCUT2D eigenvalue weighted by molar-refractivity contribution is -0.129. The summed E-state index contributed by atoms with van der Waals surface area (Å²) in [4.78, 5) is 13.5. The van der Waals surface area contributed by atoms with E-state index in [0.29, 0.717) is 24.6 Å². The Bertz CT molecular complexity index is 421. The van der Waals surface area contributed by atoms with Crippen LogP contribution in [-0.2, 0) is 11.3 Å². The van der Waals surface area contributed by atoms with E-state index in [1.165, 1.54) is 0 Å². The summed E-state index contributed by atoms with van der Waals surface area (Å²) >= 11 is 0. The van der Waals surface area contributed by atoms with Gasteiger partial charge >= 0.3 is 0 Å². The topological polar surface area (TPSA) is 50.8 Å². The number of likely N-dealkylation sites (N-methyl/N-ethyl adjacent to an activating group) is 2. The molecule has 1 aromatic rings. The standard InChI is InChI=1S/C14H22N2O3/c1-5-15-9-14(17)16(2)10-11-6-7-12(18-3)13(8-11)19-4/h6-8,15H,5,9-10H2,1-4H3. The molecular weight excluding hydrogens is 244 g/mol. The first-order valence-corrected chi connectivity index (χ1v) is 6.28. The van der Waals surface area contributed by atoms with Gasteiger partial charge in [-0.05, 0) is 24.2 Å². The van der Waals surface area contributed by atoms with Crippen LogP contribution in [0, 0.1) is 0 Å². The van der Waals surface area contributed by atoms with Gasteiger partial charge in [0.15, 0.2) is 11.5 Å². The van der Waals surface area contributed by atoms with Gasteiger partial charge in [0, 0.05) is 13.6 Å². The number of methoxy groups -OCH3 is 2. The Morgan fingerprint density at radius 2 is 1.95 bits per heavy atom. The highest BCUT2D eigenvalue weighted by Gasteiger charge is 2.10. The van der Waals surface area contributed by atoms with E-state index in [2.05, 4.69) is 5.32 Å². The number of carbonyl (C=O) groups excluding carboxylic acids is 1. The summed E-state index contributed by atoms with van der Waals surface area (Å²) in [6.45, 7) is 3.67. The Morgan fingerprint density at radius 3 is 2.53 bits per heavy atom. The molecule has 0 aliphatic rings. The number of ether oxygens (including phenoxy) is 2. The molecule has 0 heterocycles. The first kappa shape index (κ1) is 15.3. The minimum atomic E-state index is 0.0663. The van der Waals surface area contributed by atoms with Crippen LogP contribution in [0.2, 0.25) is 0 Å². The van der Waals surface area contributed by atoms with Crippen molar-refractivity contribution in [2.45, 2.75) is 13.5 Å². The molecule has 0 unspecified atom stereocenters. The van der Waals surface area contributed by atoms with Crippen LogP contribution < -0.4 is 14.8 Å². The first-order valence-electron chi connectivity index (χ1n) is 6.28. The fraction of sp³-hybridized carbons (Fsp3) is 0.500. The van der Waals surface area contributed by atoms with Gasteiger partial charge in [-0.25, -0.2) is 0 Å². The smallest absolute Gasteiger partial charge is 0.236 e. The van der Waals surface area contributed by atoms with Gasteiger partial charge < -0.3 is 19.7 Å². The van der Waals surface area contributed by atoms with Crippen molar-refractivity contribution in [3.05, 3.63) is 23.8 Å². The lowest BCUT2D eigenvalue weighted by Crippen LogP contribution is -2.35. The summed E-state index contributed by atoms with van der Waals surface area (Å²) in [5.74, 6) is 1.43. The molecule has 1 N–H and O–H groups in total. The van der Waals surface area contributed by atoms with Crippen molar-refractivity contribution in [1.29, 1.82) is 0 Å². The molecule has 0 atom stereocenters. The number of amides is 1. The van der Waals surface area contributed by atoms with Gasteiger partial charge in [0.2, 0.25) is 5.91 Å². The van der Waals surface area contributed by atoms with Crippen LogP contribution in [0.4, 0.5) is 0 Å². The number of nitrogens with one attached hydrogen (secondary N) is 1. The second-order valence-electron chi connectivity index (χ2n) is 4.22. The molecule has 5 nitrogen and oxygen atoms in total. The third-order valence-corrected chi connectivity index (χ3v) is 2.82. The molecule has 0 bridgehead atoms. The molecule has 1 aromatic carbocycles. The second kappa shape index (κ2) is 7.63. The predicted octanol–water partition coefficient (Wildman–Crippen LogP) is 1.27. The molecule has 0 radical (unpaired) electrons. The van der Waals surface area contributed by atoms with E-state index in [1.807, 2.05) is 25.1 Å². The van der Waals surface area contributed by atoms with Gasteiger partial charge in [-0.15, -0.1) is 0 Å². The highest BCUT2D eigenvalue weighted by molar-refractivity contribution is 5.77. The Kier molecular flexibility index (Phi) is 6.15. The van der Waals surface area contributed by atoms with E-state index in [-0.39, 0.29) is 5.91 Å². The van der Waals surface area contributed by atoms with Gasteiger partial charge in [-0.2, -0.15) is 0 Å². The molecule has 0 fully saturated rings. The van der Waals surface area contributed by atoms with Crippen molar-refractivity contribution in [2.75, 3.05) is 34.4 Å². The quantitative estimate of drug-likeness (QED) is 0.807. The molecule has 5 heteroatoms. The van der Waals surface area contributed by atoms with Crippen LogP contribution in [0.5, 0.6) is 11.5 Å². The highest BCUT2D eigenvalue weighted by Crippen LogP contribution is 2.27. The van der Waals surface area contributed by atoms with Crippen LogP contribution in [0.1, 0.15) is 12.5 Å². The molecule has 0 aliphatic carbocycles. The van der Waals surface area contributed by atoms with Crippen LogP contribution in [0.15, 0.2) is 18.2 Å². The summed E-state index contributed by atoms with van der Waals surface area (Å²) in [5, 5.41) is 3.02. The molecule has 106 valence electrons. The molecule has 0 spiro atoms. The zero-order valence-electron chi connectivity index (χ0n) is 12.0. The number of hydrogen-bond acceptors (Lipinski definition) is 4. The minimum absolute atomic E-state index is 0.0663. The van der Waals surface area contributed by atoms with Crippen molar-refractivity contribution in [2.24, 2.45) is 0 Å². The lowest BCUT2D eigenvalue weighted by atomic mass is 10.2. The summed E-state index contributed by atoms with van der Waals surface area (Å²) in [5.41, 5.74) is 1.00. The second-order valence-corrected chi connectivity index (χ2v) is 4.22. The molecule has 0 saturated carbocycles. The monoisotopic (exact) mass is 266 g/mol. The third kappa shape index (κ3) is 4.44. The Hall–Kier alpha value is -1.75. The van der Waals surface area contributed by atoms with Crippen LogP contribution in [0.25, 0.3) is 0 Å². The predicted molar refractivity (Wildman–Crippen MR) is 74.6 cm³/mol. The molecular formula is C14H22N2O3. The fourth-order valence-corrected chi connectivity index (χ4v) is 1.71. The van der Waals surface area contributed by atoms with Crippen LogP contribution in [-0.4, -0.2) is 45.2 Å². The maximum Gasteiger partial charge on any atom is 0.236 e. The Morgan fingerprint density at radius 1 is 1.26 bits per heavy atom. The van der Waals surface area contributed by atoms with E-state index >= 15 is 0 Å². The van der Waals surface area contributed by atoms with Crippen molar-refractivity contribution < 1.29 is 14.3 Å². The maximum atomic E-state index is 11.8. The molecule has 1 amide bonds. The summed E-state index contributed by atoms with van der Waals surface area (Å²) in [6.07, 6.45) is 0.